The molecule has 0 radical (unpaired) electrons. The number of rotatable bonds is 6. The van der Waals surface area contributed by atoms with Gasteiger partial charge in [0, 0.05) is 6.42 Å². The highest BCUT2D eigenvalue weighted by Crippen LogP contribution is 2.31. The molecule has 0 aromatic rings. The van der Waals surface area contributed by atoms with Crippen molar-refractivity contribution in [1.82, 2.24) is 0 Å². The number of carbonyl (C=O) groups excluding carboxylic acids is 2. The first-order valence-electron chi connectivity index (χ1n) is 4.50. The van der Waals surface area contributed by atoms with Crippen LogP contribution in [0.4, 0.5) is 0 Å². The fourth-order valence-electron chi connectivity index (χ4n) is 0.732. The molecule has 0 spiro atoms. The van der Waals surface area contributed by atoms with Gasteiger partial charge in [0.25, 0.3) is 5.85 Å². The number of carbonyl (C=O) groups is 2. The van der Waals surface area contributed by atoms with E-state index in [0.29, 0.717) is 0 Å². The predicted octanol–water partition coefficient (Wildman–Crippen LogP) is 0.950. The summed E-state index contributed by atoms with van der Waals surface area (Å²) in [7, 11) is -1.64. The van der Waals surface area contributed by atoms with E-state index in [9.17, 15) is 14.2 Å². The van der Waals surface area contributed by atoms with Gasteiger partial charge in [0.05, 0.1) is 13.7 Å². The maximum atomic E-state index is 11.4. The third-order valence-electron chi connectivity index (χ3n) is 1.45. The highest BCUT2D eigenvalue weighted by Gasteiger charge is 2.30. The van der Waals surface area contributed by atoms with Crippen LogP contribution in [0, 0.1) is 0 Å². The van der Waals surface area contributed by atoms with E-state index < -0.39 is 25.8 Å². The summed E-state index contributed by atoms with van der Waals surface area (Å²) in [5, 5.41) is 0. The normalized spacial score (nSPS) is 14.1. The van der Waals surface area contributed by atoms with Crippen LogP contribution in [0.15, 0.2) is 0 Å². The molecule has 0 aliphatic heterocycles. The molecule has 0 bridgehead atoms. The van der Waals surface area contributed by atoms with Crippen molar-refractivity contribution < 1.29 is 28.2 Å². The van der Waals surface area contributed by atoms with E-state index in [1.54, 1.807) is 13.8 Å². The van der Waals surface area contributed by atoms with Gasteiger partial charge in [0.2, 0.25) is 8.03 Å². The van der Waals surface area contributed by atoms with Gasteiger partial charge in [-0.05, 0) is 6.92 Å². The molecule has 0 amide bonds. The molecule has 88 valence electrons. The molecule has 0 aromatic heterocycles. The quantitative estimate of drug-likeness (QED) is 0.506. The molecule has 0 saturated carbocycles. The highest BCUT2D eigenvalue weighted by molar-refractivity contribution is 7.41. The fourth-order valence-corrected chi connectivity index (χ4v) is 1.71. The van der Waals surface area contributed by atoms with Crippen molar-refractivity contribution in [3.05, 3.63) is 0 Å². The largest absolute Gasteiger partial charge is 0.466 e. The number of esters is 2. The Morgan fingerprint density at radius 3 is 2.33 bits per heavy atom. The third kappa shape index (κ3) is 4.95. The SMILES string of the molecule is CCO[PH](=O)C(OC(=O)CC)C(=O)OC. The minimum atomic E-state index is -2.76. The molecule has 0 N–H and O–H groups in total. The summed E-state index contributed by atoms with van der Waals surface area (Å²) in [6.45, 7) is 3.36. The van der Waals surface area contributed by atoms with Gasteiger partial charge in [0.1, 0.15) is 0 Å². The molecular formula is C8H15O6P. The zero-order chi connectivity index (χ0) is 11.8. The van der Waals surface area contributed by atoms with Crippen molar-refractivity contribution >= 4 is 20.0 Å². The maximum Gasteiger partial charge on any atom is 0.357 e. The molecule has 2 unspecified atom stereocenters. The highest BCUT2D eigenvalue weighted by atomic mass is 31.1. The van der Waals surface area contributed by atoms with Gasteiger partial charge in [-0.1, -0.05) is 6.92 Å². The second kappa shape index (κ2) is 7.43. The Hall–Kier alpha value is -0.870. The van der Waals surface area contributed by atoms with Crippen LogP contribution < -0.4 is 0 Å². The molecule has 7 heteroatoms. The molecule has 6 nitrogen and oxygen atoms in total. The minimum Gasteiger partial charge on any atom is -0.466 e. The van der Waals surface area contributed by atoms with E-state index in [4.69, 9.17) is 4.52 Å². The Morgan fingerprint density at radius 2 is 1.93 bits per heavy atom. The summed E-state index contributed by atoms with van der Waals surface area (Å²) in [4.78, 5) is 22.1. The smallest absolute Gasteiger partial charge is 0.357 e. The van der Waals surface area contributed by atoms with Crippen molar-refractivity contribution in [2.45, 2.75) is 26.1 Å². The molecular weight excluding hydrogens is 223 g/mol. The van der Waals surface area contributed by atoms with Crippen LogP contribution in [-0.2, 0) is 28.2 Å². The summed E-state index contributed by atoms with van der Waals surface area (Å²) in [5.41, 5.74) is 0. The van der Waals surface area contributed by atoms with Gasteiger partial charge in [0.15, 0.2) is 0 Å². The van der Waals surface area contributed by atoms with Crippen molar-refractivity contribution in [3.8, 4) is 0 Å². The van der Waals surface area contributed by atoms with E-state index in [1.807, 2.05) is 0 Å². The van der Waals surface area contributed by atoms with Gasteiger partial charge in [-0.3, -0.25) is 9.36 Å². The van der Waals surface area contributed by atoms with E-state index in [0.717, 1.165) is 7.11 Å². The van der Waals surface area contributed by atoms with Gasteiger partial charge < -0.3 is 14.0 Å². The monoisotopic (exact) mass is 238 g/mol. The molecule has 0 aliphatic rings. The lowest BCUT2D eigenvalue weighted by atomic mass is 10.5. The average Bonchev–Trinajstić information content (AvgIpc) is 2.24. The Labute approximate surface area is 88.7 Å². The number of hydrogen-bond acceptors (Lipinski definition) is 6. The second-order valence-corrected chi connectivity index (χ2v) is 3.95. The van der Waals surface area contributed by atoms with Gasteiger partial charge in [-0.2, -0.15) is 0 Å². The van der Waals surface area contributed by atoms with Crippen molar-refractivity contribution in [1.29, 1.82) is 0 Å². The summed E-state index contributed by atoms with van der Waals surface area (Å²) < 4.78 is 25.1. The van der Waals surface area contributed by atoms with E-state index in [1.165, 1.54) is 0 Å². The third-order valence-corrected chi connectivity index (χ3v) is 2.81. The van der Waals surface area contributed by atoms with E-state index >= 15 is 0 Å². The summed E-state index contributed by atoms with van der Waals surface area (Å²) >= 11 is 0. The molecule has 15 heavy (non-hydrogen) atoms. The summed E-state index contributed by atoms with van der Waals surface area (Å²) in [6.07, 6.45) is 0.0920. The second-order valence-electron chi connectivity index (χ2n) is 2.50. The first-order chi connectivity index (χ1) is 7.06. The zero-order valence-electron chi connectivity index (χ0n) is 8.94. The first-order valence-corrected chi connectivity index (χ1v) is 5.90. The van der Waals surface area contributed by atoms with Gasteiger partial charge in [-0.25, -0.2) is 4.79 Å². The summed E-state index contributed by atoms with van der Waals surface area (Å²) in [6, 6.07) is 0. The lowest BCUT2D eigenvalue weighted by molar-refractivity contribution is -0.160. The molecule has 0 fully saturated rings. The molecule has 0 saturated heterocycles. The average molecular weight is 238 g/mol. The number of methoxy groups -OCH3 is 1. The molecule has 0 rings (SSSR count). The Bertz CT molecular complexity index is 252. The molecule has 0 aliphatic carbocycles. The van der Waals surface area contributed by atoms with Crippen LogP contribution in [0.2, 0.25) is 0 Å². The van der Waals surface area contributed by atoms with Crippen molar-refractivity contribution in [2.75, 3.05) is 13.7 Å². The van der Waals surface area contributed by atoms with E-state index in [2.05, 4.69) is 9.47 Å². The lowest BCUT2D eigenvalue weighted by Gasteiger charge is -2.14. The maximum absolute atomic E-state index is 11.4. The molecule has 2 atom stereocenters. The standard InChI is InChI=1S/C8H15O6P/c1-4-6(9)14-8(7(10)12-3)15(11)13-5-2/h8,15H,4-5H2,1-3H3. The van der Waals surface area contributed by atoms with Gasteiger partial charge in [-0.15, -0.1) is 0 Å². The van der Waals surface area contributed by atoms with Crippen LogP contribution in [0.1, 0.15) is 20.3 Å². The Kier molecular flexibility index (Phi) is 6.99. The van der Waals surface area contributed by atoms with Crippen LogP contribution >= 0.6 is 8.03 Å². The van der Waals surface area contributed by atoms with Crippen LogP contribution in [0.25, 0.3) is 0 Å². The predicted molar refractivity (Wildman–Crippen MR) is 52.8 cm³/mol. The van der Waals surface area contributed by atoms with Crippen LogP contribution in [0.5, 0.6) is 0 Å². The van der Waals surface area contributed by atoms with E-state index in [-0.39, 0.29) is 13.0 Å². The topological polar surface area (TPSA) is 78.9 Å². The Morgan fingerprint density at radius 1 is 1.33 bits per heavy atom. The van der Waals surface area contributed by atoms with Crippen molar-refractivity contribution in [3.63, 3.8) is 0 Å². The first kappa shape index (κ1) is 14.1. The number of hydrogen-bond donors (Lipinski definition) is 0. The van der Waals surface area contributed by atoms with Crippen molar-refractivity contribution in [2.24, 2.45) is 0 Å². The Balaban J connectivity index is 4.50. The summed E-state index contributed by atoms with van der Waals surface area (Å²) in [5.74, 6) is -2.93. The number of ether oxygens (including phenoxy) is 2. The van der Waals surface area contributed by atoms with Gasteiger partial charge >= 0.3 is 11.9 Å². The molecule has 0 aromatic carbocycles. The zero-order valence-corrected chi connectivity index (χ0v) is 9.94. The fraction of sp³-hybridized carbons (Fsp3) is 0.750. The van der Waals surface area contributed by atoms with Crippen LogP contribution in [0.3, 0.4) is 0 Å². The minimum absolute atomic E-state index is 0.0920. The molecule has 0 heterocycles. The lowest BCUT2D eigenvalue weighted by Crippen LogP contribution is -2.25. The van der Waals surface area contributed by atoms with Crippen LogP contribution in [-0.4, -0.2) is 31.5 Å².